The lowest BCUT2D eigenvalue weighted by molar-refractivity contribution is -0.141. The van der Waals surface area contributed by atoms with Gasteiger partial charge < -0.3 is 4.74 Å². The van der Waals surface area contributed by atoms with Gasteiger partial charge in [-0.25, -0.2) is 14.1 Å². The Hall–Kier alpha value is -2.52. The normalized spacial score (nSPS) is 21.8. The van der Waals surface area contributed by atoms with E-state index in [1.807, 2.05) is 11.0 Å². The van der Waals surface area contributed by atoms with Crippen LogP contribution in [0, 0.1) is 11.7 Å². The molecule has 0 radical (unpaired) electrons. The van der Waals surface area contributed by atoms with Gasteiger partial charge in [0.15, 0.2) is 11.6 Å². The number of thiol groups is 1. The summed E-state index contributed by atoms with van der Waals surface area (Å²) in [5, 5.41) is 4.28. The van der Waals surface area contributed by atoms with E-state index in [2.05, 4.69) is 14.8 Å². The predicted molar refractivity (Wildman–Crippen MR) is 116 cm³/mol. The highest BCUT2D eigenvalue weighted by atomic mass is 32.1. The van der Waals surface area contributed by atoms with Gasteiger partial charge >= 0.3 is 5.97 Å². The zero-order chi connectivity index (χ0) is 22.0. The maximum atomic E-state index is 14.6. The molecule has 31 heavy (non-hydrogen) atoms. The van der Waals surface area contributed by atoms with Gasteiger partial charge in [-0.2, -0.15) is 17.7 Å². The number of piperidine rings is 1. The van der Waals surface area contributed by atoms with E-state index >= 15 is 0 Å². The highest BCUT2D eigenvalue weighted by molar-refractivity contribution is 7.81. The summed E-state index contributed by atoms with van der Waals surface area (Å²) >= 11 is 4.70. The third-order valence-corrected chi connectivity index (χ3v) is 6.29. The number of likely N-dealkylation sites (tertiary alicyclic amines) is 1. The molecule has 1 saturated heterocycles. The maximum Gasteiger partial charge on any atom is 0.327 e. The minimum Gasteiger partial charge on any atom is -0.468 e. The van der Waals surface area contributed by atoms with Gasteiger partial charge in [-0.15, -0.1) is 0 Å². The Morgan fingerprint density at radius 1 is 1.32 bits per heavy atom. The van der Waals surface area contributed by atoms with Crippen LogP contribution in [-0.4, -0.2) is 56.9 Å². The van der Waals surface area contributed by atoms with Crippen molar-refractivity contribution in [2.75, 3.05) is 20.2 Å². The molecule has 2 aliphatic rings. The summed E-state index contributed by atoms with van der Waals surface area (Å²) in [5.74, 6) is -0.214. The van der Waals surface area contributed by atoms with Crippen LogP contribution in [-0.2, 0) is 20.9 Å². The fourth-order valence-corrected chi connectivity index (χ4v) is 4.16. The molecule has 4 rings (SSSR count). The molecule has 1 aromatic heterocycles. The third kappa shape index (κ3) is 5.04. The summed E-state index contributed by atoms with van der Waals surface area (Å²) in [6, 6.07) is 5.91. The van der Waals surface area contributed by atoms with Crippen molar-refractivity contribution in [3.63, 3.8) is 0 Å². The zero-order valence-corrected chi connectivity index (χ0v) is 18.2. The fourth-order valence-electron chi connectivity index (χ4n) is 3.89. The van der Waals surface area contributed by atoms with E-state index in [9.17, 15) is 14.0 Å². The summed E-state index contributed by atoms with van der Waals surface area (Å²) in [5.41, 5.74) is 1.38. The average Bonchev–Trinajstić information content (AvgIpc) is 3.53. The highest BCUT2D eigenvalue weighted by Crippen LogP contribution is 2.39. The van der Waals surface area contributed by atoms with Crippen LogP contribution in [0.5, 0.6) is 0 Å². The van der Waals surface area contributed by atoms with Gasteiger partial charge in [0.2, 0.25) is 0 Å². The number of ether oxygens (including phenoxy) is 1. The number of carbonyl (C=O) groups excluding carboxylic acids is 2. The van der Waals surface area contributed by atoms with E-state index in [4.69, 9.17) is 12.6 Å². The minimum atomic E-state index is -0.609. The van der Waals surface area contributed by atoms with Crippen LogP contribution >= 0.6 is 12.6 Å². The number of hydrogen-bond acceptors (Lipinski definition) is 7. The summed E-state index contributed by atoms with van der Waals surface area (Å²) in [7, 11) is 1.32. The standard InChI is InChI=1S/C22H25FN4O3S/c1-30-20(28)12-27-13-24-19(25-27)10-15-11-26(9-8-18(15)31)21(22(29)14-6-7-14)16-4-2-3-5-17(16)23/h2-5,10,13-14,18,21,31H,6-9,11-12H2,1H3. The molecule has 2 aromatic rings. The monoisotopic (exact) mass is 444 g/mol. The third-order valence-electron chi connectivity index (χ3n) is 5.71. The van der Waals surface area contributed by atoms with Crippen molar-refractivity contribution in [1.29, 1.82) is 0 Å². The first-order chi connectivity index (χ1) is 15.0. The SMILES string of the molecule is COC(=O)Cn1cnc(C=C2CN(C(C(=O)C3CC3)c3ccccc3F)CCC2S)n1. The van der Waals surface area contributed by atoms with Crippen molar-refractivity contribution < 1.29 is 18.7 Å². The van der Waals surface area contributed by atoms with Crippen molar-refractivity contribution >= 4 is 30.5 Å². The summed E-state index contributed by atoms with van der Waals surface area (Å²) in [4.78, 5) is 30.8. The van der Waals surface area contributed by atoms with Gasteiger partial charge in [-0.1, -0.05) is 18.2 Å². The van der Waals surface area contributed by atoms with Crippen LogP contribution in [0.3, 0.4) is 0 Å². The molecule has 0 N–H and O–H groups in total. The summed E-state index contributed by atoms with van der Waals surface area (Å²) in [6.45, 7) is 1.10. The molecule has 2 unspecified atom stereocenters. The molecule has 164 valence electrons. The molecule has 0 bridgehead atoms. The summed E-state index contributed by atoms with van der Waals surface area (Å²) < 4.78 is 20.7. The molecule has 1 aromatic carbocycles. The van der Waals surface area contributed by atoms with Crippen LogP contribution in [0.4, 0.5) is 4.39 Å². The summed E-state index contributed by atoms with van der Waals surface area (Å²) in [6.07, 6.45) is 5.77. The van der Waals surface area contributed by atoms with E-state index in [0.29, 0.717) is 24.5 Å². The van der Waals surface area contributed by atoms with Crippen molar-refractivity contribution in [2.24, 2.45) is 5.92 Å². The Bertz CT molecular complexity index is 1000. The second-order valence-electron chi connectivity index (χ2n) is 7.97. The van der Waals surface area contributed by atoms with Crippen LogP contribution in [0.1, 0.15) is 36.7 Å². The van der Waals surface area contributed by atoms with Gasteiger partial charge in [0.25, 0.3) is 0 Å². The van der Waals surface area contributed by atoms with Gasteiger partial charge in [-0.05, 0) is 37.0 Å². The molecule has 7 nitrogen and oxygen atoms in total. The topological polar surface area (TPSA) is 77.3 Å². The Morgan fingerprint density at radius 2 is 2.10 bits per heavy atom. The lowest BCUT2D eigenvalue weighted by Crippen LogP contribution is -2.42. The zero-order valence-electron chi connectivity index (χ0n) is 17.3. The first kappa shape index (κ1) is 21.7. The number of benzene rings is 1. The number of Topliss-reactive ketones (excluding diaryl/α,β-unsaturated/α-hetero) is 1. The number of esters is 1. The number of carbonyl (C=O) groups is 2. The molecule has 1 saturated carbocycles. The van der Waals surface area contributed by atoms with Crippen molar-refractivity contribution in [3.05, 3.63) is 53.4 Å². The Morgan fingerprint density at radius 3 is 2.81 bits per heavy atom. The van der Waals surface area contributed by atoms with E-state index in [-0.39, 0.29) is 29.3 Å². The first-order valence-electron chi connectivity index (χ1n) is 10.3. The highest BCUT2D eigenvalue weighted by Gasteiger charge is 2.40. The Balaban J connectivity index is 1.58. The molecule has 9 heteroatoms. The molecule has 2 fully saturated rings. The molecular weight excluding hydrogens is 419 g/mol. The van der Waals surface area contributed by atoms with Crippen LogP contribution < -0.4 is 0 Å². The van der Waals surface area contributed by atoms with Crippen molar-refractivity contribution in [3.8, 4) is 0 Å². The van der Waals surface area contributed by atoms with E-state index in [1.165, 1.54) is 24.2 Å². The van der Waals surface area contributed by atoms with Gasteiger partial charge in [-0.3, -0.25) is 14.5 Å². The van der Waals surface area contributed by atoms with E-state index < -0.39 is 12.0 Å². The van der Waals surface area contributed by atoms with Crippen molar-refractivity contribution in [2.45, 2.75) is 37.1 Å². The lowest BCUT2D eigenvalue weighted by Gasteiger charge is -2.37. The quantitative estimate of drug-likeness (QED) is 0.523. The minimum absolute atomic E-state index is 0.0129. The molecular formula is C22H25FN4O3S. The second-order valence-corrected chi connectivity index (χ2v) is 8.59. The van der Waals surface area contributed by atoms with Gasteiger partial charge in [0, 0.05) is 29.8 Å². The smallest absolute Gasteiger partial charge is 0.327 e. The van der Waals surface area contributed by atoms with E-state index in [0.717, 1.165) is 24.8 Å². The largest absolute Gasteiger partial charge is 0.468 e. The van der Waals surface area contributed by atoms with E-state index in [1.54, 1.807) is 18.2 Å². The second kappa shape index (κ2) is 9.32. The van der Waals surface area contributed by atoms with Crippen molar-refractivity contribution in [1.82, 2.24) is 19.7 Å². The number of nitrogens with zero attached hydrogens (tertiary/aromatic N) is 4. The maximum absolute atomic E-state index is 14.6. The van der Waals surface area contributed by atoms with Gasteiger partial charge in [0.1, 0.15) is 18.7 Å². The first-order valence-corrected chi connectivity index (χ1v) is 10.8. The fraction of sp³-hybridized carbons (Fsp3) is 0.455. The number of methoxy groups -OCH3 is 1. The average molecular weight is 445 g/mol. The van der Waals surface area contributed by atoms with Crippen LogP contribution in [0.25, 0.3) is 6.08 Å². The lowest BCUT2D eigenvalue weighted by atomic mass is 9.93. The number of aromatic nitrogens is 3. The Kier molecular flexibility index (Phi) is 6.52. The molecule has 1 aliphatic heterocycles. The molecule has 2 heterocycles. The molecule has 1 aliphatic carbocycles. The number of rotatable bonds is 7. The van der Waals surface area contributed by atoms with Crippen LogP contribution in [0.2, 0.25) is 0 Å². The molecule has 0 amide bonds. The number of ketones is 1. The molecule has 2 atom stereocenters. The predicted octanol–water partition coefficient (Wildman–Crippen LogP) is 2.70. The number of hydrogen-bond donors (Lipinski definition) is 1. The Labute approximate surface area is 185 Å². The van der Waals surface area contributed by atoms with Gasteiger partial charge in [0.05, 0.1) is 13.2 Å². The number of halogens is 1. The molecule has 0 spiro atoms. The van der Waals surface area contributed by atoms with Crippen LogP contribution in [0.15, 0.2) is 36.2 Å².